The lowest BCUT2D eigenvalue weighted by Gasteiger charge is -2.13. The molecule has 0 aliphatic carbocycles. The number of aromatic nitrogens is 1. The molecule has 0 bridgehead atoms. The highest BCUT2D eigenvalue weighted by molar-refractivity contribution is 5.76. The smallest absolute Gasteiger partial charge is 0.252 e. The van der Waals surface area contributed by atoms with E-state index < -0.39 is 0 Å². The van der Waals surface area contributed by atoms with Crippen LogP contribution in [0.2, 0.25) is 0 Å². The number of pyridine rings is 1. The Morgan fingerprint density at radius 2 is 2.26 bits per heavy atom. The second kappa shape index (κ2) is 7.09. The van der Waals surface area contributed by atoms with E-state index in [4.69, 9.17) is 0 Å². The maximum Gasteiger partial charge on any atom is 0.252 e. The predicted molar refractivity (Wildman–Crippen MR) is 73.7 cm³/mol. The summed E-state index contributed by atoms with van der Waals surface area (Å²) in [5.41, 5.74) is 0.458. The van der Waals surface area contributed by atoms with Crippen LogP contribution in [-0.4, -0.2) is 24.0 Å². The number of carbonyl (C=O) groups is 1. The second-order valence-electron chi connectivity index (χ2n) is 5.05. The Morgan fingerprint density at radius 3 is 3.11 bits per heavy atom. The lowest BCUT2D eigenvalue weighted by molar-refractivity contribution is -0.122. The van der Waals surface area contributed by atoms with Crippen molar-refractivity contribution >= 4 is 5.91 Å². The maximum atomic E-state index is 11.9. The van der Waals surface area contributed by atoms with Gasteiger partial charge in [-0.2, -0.15) is 0 Å². The highest BCUT2D eigenvalue weighted by atomic mass is 16.1. The van der Waals surface area contributed by atoms with E-state index in [0.717, 1.165) is 32.4 Å². The third-order valence-corrected chi connectivity index (χ3v) is 3.55. The Hall–Kier alpha value is -1.62. The van der Waals surface area contributed by atoms with E-state index in [9.17, 15) is 9.59 Å². The zero-order chi connectivity index (χ0) is 13.5. The van der Waals surface area contributed by atoms with Crippen LogP contribution >= 0.6 is 0 Å². The molecule has 1 aromatic rings. The van der Waals surface area contributed by atoms with Crippen molar-refractivity contribution in [2.75, 3.05) is 13.1 Å². The monoisotopic (exact) mass is 263 g/mol. The van der Waals surface area contributed by atoms with Crippen LogP contribution in [0.1, 0.15) is 31.2 Å². The standard InChI is InChI=1S/C14H21N3O2/c18-13(9-11-3-1-6-15-8-5-11)17-10-12-4-2-7-16-14(12)19/h2,4,7,11,15H,1,3,5-6,8-10H2,(H,16,19)(H,17,18). The molecule has 0 spiro atoms. The summed E-state index contributed by atoms with van der Waals surface area (Å²) < 4.78 is 0. The van der Waals surface area contributed by atoms with Crippen LogP contribution in [0.25, 0.3) is 0 Å². The fourth-order valence-electron chi connectivity index (χ4n) is 2.42. The van der Waals surface area contributed by atoms with E-state index in [1.54, 1.807) is 18.3 Å². The molecule has 1 aliphatic heterocycles. The first kappa shape index (κ1) is 13.8. The molecule has 0 aromatic carbocycles. The van der Waals surface area contributed by atoms with Crippen molar-refractivity contribution in [1.29, 1.82) is 0 Å². The number of amides is 1. The minimum Gasteiger partial charge on any atom is -0.352 e. The Morgan fingerprint density at radius 1 is 1.37 bits per heavy atom. The summed E-state index contributed by atoms with van der Waals surface area (Å²) in [6.45, 7) is 2.35. The van der Waals surface area contributed by atoms with Crippen molar-refractivity contribution < 1.29 is 4.79 Å². The molecule has 2 rings (SSSR count). The van der Waals surface area contributed by atoms with Gasteiger partial charge < -0.3 is 15.6 Å². The number of H-pyrrole nitrogens is 1. The molecular formula is C14H21N3O2. The second-order valence-corrected chi connectivity index (χ2v) is 5.05. The largest absolute Gasteiger partial charge is 0.352 e. The van der Waals surface area contributed by atoms with Gasteiger partial charge in [-0.05, 0) is 44.3 Å². The van der Waals surface area contributed by atoms with Gasteiger partial charge in [0.2, 0.25) is 5.91 Å². The molecule has 2 heterocycles. The van der Waals surface area contributed by atoms with Crippen LogP contribution in [0.5, 0.6) is 0 Å². The molecule has 0 radical (unpaired) electrons. The zero-order valence-corrected chi connectivity index (χ0v) is 11.1. The minimum atomic E-state index is -0.138. The molecule has 3 N–H and O–H groups in total. The van der Waals surface area contributed by atoms with Gasteiger partial charge in [0, 0.05) is 24.7 Å². The van der Waals surface area contributed by atoms with Crippen LogP contribution in [0.4, 0.5) is 0 Å². The van der Waals surface area contributed by atoms with Gasteiger partial charge in [-0.15, -0.1) is 0 Å². The number of carbonyl (C=O) groups excluding carboxylic acids is 1. The maximum absolute atomic E-state index is 11.9. The van der Waals surface area contributed by atoms with E-state index in [1.807, 2.05) is 0 Å². The van der Waals surface area contributed by atoms with Crippen LogP contribution in [0.3, 0.4) is 0 Å². The SMILES string of the molecule is O=C(CC1CCCNCC1)NCc1ccc[nH]c1=O. The molecular weight excluding hydrogens is 242 g/mol. The van der Waals surface area contributed by atoms with Gasteiger partial charge in [-0.25, -0.2) is 0 Å². The van der Waals surface area contributed by atoms with E-state index in [0.29, 0.717) is 24.4 Å². The van der Waals surface area contributed by atoms with Crippen LogP contribution in [-0.2, 0) is 11.3 Å². The summed E-state index contributed by atoms with van der Waals surface area (Å²) in [6, 6.07) is 3.49. The fourth-order valence-corrected chi connectivity index (χ4v) is 2.42. The van der Waals surface area contributed by atoms with Gasteiger partial charge >= 0.3 is 0 Å². The molecule has 104 valence electrons. The summed E-state index contributed by atoms with van der Waals surface area (Å²) in [5, 5.41) is 6.17. The third kappa shape index (κ3) is 4.52. The predicted octanol–water partition coefficient (Wildman–Crippen LogP) is 0.771. The first-order valence-electron chi connectivity index (χ1n) is 6.89. The van der Waals surface area contributed by atoms with Gasteiger partial charge in [-0.1, -0.05) is 6.07 Å². The van der Waals surface area contributed by atoms with Crippen molar-refractivity contribution in [3.8, 4) is 0 Å². The molecule has 1 amide bonds. The summed E-state index contributed by atoms with van der Waals surface area (Å²) in [6.07, 6.45) is 5.45. The van der Waals surface area contributed by atoms with Crippen molar-refractivity contribution in [3.63, 3.8) is 0 Å². The third-order valence-electron chi connectivity index (χ3n) is 3.55. The van der Waals surface area contributed by atoms with Crippen molar-refractivity contribution in [3.05, 3.63) is 34.2 Å². The molecule has 1 atom stereocenters. The Balaban J connectivity index is 1.78. The quantitative estimate of drug-likeness (QED) is 0.751. The minimum absolute atomic E-state index is 0.0372. The molecule has 1 aliphatic rings. The molecule has 1 aromatic heterocycles. The van der Waals surface area contributed by atoms with E-state index in [-0.39, 0.29) is 11.5 Å². The molecule has 1 saturated heterocycles. The average Bonchev–Trinajstić information content (AvgIpc) is 2.66. The van der Waals surface area contributed by atoms with E-state index >= 15 is 0 Å². The first-order valence-corrected chi connectivity index (χ1v) is 6.89. The zero-order valence-electron chi connectivity index (χ0n) is 11.1. The van der Waals surface area contributed by atoms with Crippen LogP contribution in [0.15, 0.2) is 23.1 Å². The molecule has 5 heteroatoms. The summed E-state index contributed by atoms with van der Waals surface area (Å²) in [5.74, 6) is 0.499. The van der Waals surface area contributed by atoms with Crippen LogP contribution < -0.4 is 16.2 Å². The van der Waals surface area contributed by atoms with Gasteiger partial charge in [0.15, 0.2) is 0 Å². The summed E-state index contributed by atoms with van der Waals surface area (Å²) >= 11 is 0. The molecule has 1 unspecified atom stereocenters. The first-order chi connectivity index (χ1) is 9.25. The number of rotatable bonds is 4. The molecule has 1 fully saturated rings. The lowest BCUT2D eigenvalue weighted by Crippen LogP contribution is -2.28. The number of nitrogens with one attached hydrogen (secondary N) is 3. The van der Waals surface area contributed by atoms with Crippen LogP contribution in [0, 0.1) is 5.92 Å². The highest BCUT2D eigenvalue weighted by Crippen LogP contribution is 2.17. The Kier molecular flexibility index (Phi) is 5.15. The molecule has 0 saturated carbocycles. The van der Waals surface area contributed by atoms with Gasteiger partial charge in [0.05, 0.1) is 0 Å². The lowest BCUT2D eigenvalue weighted by atomic mass is 9.96. The topological polar surface area (TPSA) is 74.0 Å². The molecule has 19 heavy (non-hydrogen) atoms. The molecule has 5 nitrogen and oxygen atoms in total. The number of aromatic amines is 1. The van der Waals surface area contributed by atoms with Crippen molar-refractivity contribution in [2.24, 2.45) is 5.92 Å². The van der Waals surface area contributed by atoms with Gasteiger partial charge in [-0.3, -0.25) is 9.59 Å². The highest BCUT2D eigenvalue weighted by Gasteiger charge is 2.15. The van der Waals surface area contributed by atoms with Gasteiger partial charge in [0.1, 0.15) is 0 Å². The van der Waals surface area contributed by atoms with Crippen molar-refractivity contribution in [1.82, 2.24) is 15.6 Å². The Bertz CT molecular complexity index is 462. The normalized spacial score (nSPS) is 19.7. The Labute approximate surface area is 112 Å². The number of hydrogen-bond donors (Lipinski definition) is 3. The van der Waals surface area contributed by atoms with E-state index in [2.05, 4.69) is 15.6 Å². The summed E-state index contributed by atoms with van der Waals surface area (Å²) in [4.78, 5) is 25.9. The number of hydrogen-bond acceptors (Lipinski definition) is 3. The van der Waals surface area contributed by atoms with Gasteiger partial charge in [0.25, 0.3) is 5.56 Å². The van der Waals surface area contributed by atoms with E-state index in [1.165, 1.54) is 0 Å². The average molecular weight is 263 g/mol. The summed E-state index contributed by atoms with van der Waals surface area (Å²) in [7, 11) is 0. The fraction of sp³-hybridized carbons (Fsp3) is 0.571. The van der Waals surface area contributed by atoms with Crippen molar-refractivity contribution in [2.45, 2.75) is 32.2 Å².